The number of thiophene rings is 1. The smallest absolute Gasteiger partial charge is 0.304 e. The third-order valence-corrected chi connectivity index (χ3v) is 4.86. The highest BCUT2D eigenvalue weighted by Crippen LogP contribution is 2.41. The molecule has 3 unspecified atom stereocenters. The minimum Gasteiger partial charge on any atom is -0.388 e. The molecule has 7 heteroatoms. The van der Waals surface area contributed by atoms with Crippen LogP contribution in [0.5, 0.6) is 0 Å². The molecule has 1 aromatic heterocycles. The number of rotatable bonds is 4. The van der Waals surface area contributed by atoms with E-state index in [2.05, 4.69) is 0 Å². The van der Waals surface area contributed by atoms with Gasteiger partial charge in [-0.1, -0.05) is 0 Å². The summed E-state index contributed by atoms with van der Waals surface area (Å²) in [6.07, 6.45) is 0.223. The first-order chi connectivity index (χ1) is 8.91. The summed E-state index contributed by atoms with van der Waals surface area (Å²) in [6.45, 7) is 4.27. The molecule has 0 saturated carbocycles. The fourth-order valence-electron chi connectivity index (χ4n) is 2.36. The van der Waals surface area contributed by atoms with Crippen LogP contribution in [0.2, 0.25) is 0 Å². The van der Waals surface area contributed by atoms with Crippen molar-refractivity contribution in [2.45, 2.75) is 38.5 Å². The molecule has 3 atom stereocenters. The van der Waals surface area contributed by atoms with Crippen molar-refractivity contribution in [2.75, 3.05) is 18.6 Å². The zero-order chi connectivity index (χ0) is 14.2. The van der Waals surface area contributed by atoms with Crippen molar-refractivity contribution in [1.82, 2.24) is 0 Å². The Morgan fingerprint density at radius 3 is 2.84 bits per heavy atom. The summed E-state index contributed by atoms with van der Waals surface area (Å²) in [5.41, 5.74) is 0.0579. The number of nitrogens with zero attached hydrogens (tertiary/aromatic N) is 2. The topological polar surface area (TPSA) is 75.8 Å². The quantitative estimate of drug-likeness (QED) is 0.679. The lowest BCUT2D eigenvalue weighted by molar-refractivity contribution is -0.383. The van der Waals surface area contributed by atoms with E-state index in [4.69, 9.17) is 4.74 Å². The van der Waals surface area contributed by atoms with Crippen LogP contribution >= 0.6 is 11.3 Å². The highest BCUT2D eigenvalue weighted by Gasteiger charge is 2.33. The van der Waals surface area contributed by atoms with E-state index in [9.17, 15) is 15.2 Å². The maximum atomic E-state index is 11.1. The average molecular weight is 286 g/mol. The van der Waals surface area contributed by atoms with Gasteiger partial charge in [0.25, 0.3) is 0 Å². The van der Waals surface area contributed by atoms with Crippen LogP contribution in [0.15, 0.2) is 6.07 Å². The summed E-state index contributed by atoms with van der Waals surface area (Å²) in [4.78, 5) is 13.3. The Bertz CT molecular complexity index is 474. The van der Waals surface area contributed by atoms with E-state index in [1.54, 1.807) is 6.92 Å². The second kappa shape index (κ2) is 5.44. The van der Waals surface area contributed by atoms with Crippen molar-refractivity contribution in [2.24, 2.45) is 0 Å². The number of aliphatic hydroxyl groups excluding tert-OH is 1. The van der Waals surface area contributed by atoms with Gasteiger partial charge in [0.2, 0.25) is 0 Å². The summed E-state index contributed by atoms with van der Waals surface area (Å²) >= 11 is 1.27. The largest absolute Gasteiger partial charge is 0.388 e. The summed E-state index contributed by atoms with van der Waals surface area (Å²) in [5.74, 6) is 0. The maximum Gasteiger partial charge on any atom is 0.304 e. The number of anilines is 1. The number of hydrogen-bond acceptors (Lipinski definition) is 6. The van der Waals surface area contributed by atoms with Gasteiger partial charge in [-0.15, -0.1) is 11.3 Å². The normalized spacial score (nSPS) is 24.4. The fourth-order valence-corrected chi connectivity index (χ4v) is 3.44. The first kappa shape index (κ1) is 14.2. The number of likely N-dealkylation sites (N-methyl/N-ethyl adjacent to an activating group) is 1. The molecule has 1 aliphatic rings. The second-order valence-electron chi connectivity index (χ2n) is 4.82. The zero-order valence-electron chi connectivity index (χ0n) is 11.2. The molecule has 1 saturated heterocycles. The first-order valence-corrected chi connectivity index (χ1v) is 7.04. The molecule has 6 nitrogen and oxygen atoms in total. The molecule has 1 aliphatic heterocycles. The third kappa shape index (κ3) is 2.72. The lowest BCUT2D eigenvalue weighted by Gasteiger charge is -2.26. The van der Waals surface area contributed by atoms with Gasteiger partial charge in [0, 0.05) is 24.6 Å². The molecule has 0 aliphatic carbocycles. The Morgan fingerprint density at radius 1 is 1.68 bits per heavy atom. The minimum atomic E-state index is -0.692. The molecule has 106 valence electrons. The van der Waals surface area contributed by atoms with Crippen molar-refractivity contribution in [3.63, 3.8) is 0 Å². The Labute approximate surface area is 115 Å². The van der Waals surface area contributed by atoms with Crippen molar-refractivity contribution in [3.05, 3.63) is 21.1 Å². The molecule has 0 amide bonds. The van der Waals surface area contributed by atoms with E-state index < -0.39 is 11.0 Å². The molecule has 0 spiro atoms. The van der Waals surface area contributed by atoms with Gasteiger partial charge in [0.1, 0.15) is 0 Å². The van der Waals surface area contributed by atoms with Crippen LogP contribution in [0, 0.1) is 10.1 Å². The van der Waals surface area contributed by atoms with Crippen LogP contribution in [-0.2, 0) is 4.74 Å². The second-order valence-corrected chi connectivity index (χ2v) is 5.88. The monoisotopic (exact) mass is 286 g/mol. The molecule has 0 bridgehead atoms. The molecule has 2 heterocycles. The van der Waals surface area contributed by atoms with E-state index in [1.165, 1.54) is 17.4 Å². The predicted molar refractivity (Wildman–Crippen MR) is 73.8 cm³/mol. The van der Waals surface area contributed by atoms with E-state index in [0.717, 1.165) is 6.42 Å². The highest BCUT2D eigenvalue weighted by atomic mass is 32.1. The lowest BCUT2D eigenvalue weighted by atomic mass is 10.1. The average Bonchev–Trinajstić information content (AvgIpc) is 2.93. The third-order valence-electron chi connectivity index (χ3n) is 3.48. The molecule has 0 radical (unpaired) electrons. The van der Waals surface area contributed by atoms with E-state index >= 15 is 0 Å². The van der Waals surface area contributed by atoms with Gasteiger partial charge >= 0.3 is 5.69 Å². The lowest BCUT2D eigenvalue weighted by Crippen LogP contribution is -2.36. The van der Waals surface area contributed by atoms with Crippen molar-refractivity contribution < 1.29 is 14.8 Å². The maximum absolute atomic E-state index is 11.1. The van der Waals surface area contributed by atoms with Crippen molar-refractivity contribution in [3.8, 4) is 0 Å². The number of ether oxygens (including phenoxy) is 1. The van der Waals surface area contributed by atoms with Crippen molar-refractivity contribution in [1.29, 1.82) is 0 Å². The Morgan fingerprint density at radius 2 is 2.37 bits per heavy atom. The van der Waals surface area contributed by atoms with Crippen LogP contribution in [0.3, 0.4) is 0 Å². The Kier molecular flexibility index (Phi) is 4.07. The Hall–Kier alpha value is -1.18. The molecular formula is C12H18N2O4S. The minimum absolute atomic E-state index is 0.0571. The van der Waals surface area contributed by atoms with Gasteiger partial charge in [-0.05, 0) is 20.3 Å². The summed E-state index contributed by atoms with van der Waals surface area (Å²) < 4.78 is 5.51. The van der Waals surface area contributed by atoms with Gasteiger partial charge in [0.05, 0.1) is 23.2 Å². The van der Waals surface area contributed by atoms with Gasteiger partial charge in [-0.3, -0.25) is 10.1 Å². The summed E-state index contributed by atoms with van der Waals surface area (Å²) in [6, 6.07) is 1.60. The fraction of sp³-hybridized carbons (Fsp3) is 0.667. The number of hydrogen-bond donors (Lipinski definition) is 1. The van der Waals surface area contributed by atoms with Gasteiger partial charge < -0.3 is 14.7 Å². The van der Waals surface area contributed by atoms with E-state index in [1.807, 2.05) is 18.9 Å². The van der Waals surface area contributed by atoms with Gasteiger partial charge in [-0.2, -0.15) is 0 Å². The van der Waals surface area contributed by atoms with Crippen LogP contribution in [0.1, 0.15) is 31.2 Å². The molecule has 1 aromatic rings. The molecule has 1 N–H and O–H groups in total. The summed E-state index contributed by atoms with van der Waals surface area (Å²) in [5, 5.41) is 21.3. The van der Waals surface area contributed by atoms with Crippen LogP contribution in [0.4, 0.5) is 10.7 Å². The number of nitro groups is 1. The molecule has 2 rings (SSSR count). The SMILES string of the molecule is CC(O)c1cc([N+](=O)[O-])c(N(C)C2CCOC2C)s1. The van der Waals surface area contributed by atoms with Gasteiger partial charge in [0.15, 0.2) is 5.00 Å². The summed E-state index contributed by atoms with van der Waals surface area (Å²) in [7, 11) is 1.85. The first-order valence-electron chi connectivity index (χ1n) is 6.22. The van der Waals surface area contributed by atoms with Crippen LogP contribution in [-0.4, -0.2) is 35.8 Å². The molecule has 1 fully saturated rings. The predicted octanol–water partition coefficient (Wildman–Crippen LogP) is 2.32. The van der Waals surface area contributed by atoms with Crippen LogP contribution < -0.4 is 4.90 Å². The van der Waals surface area contributed by atoms with Crippen molar-refractivity contribution >= 4 is 22.0 Å². The molecule has 0 aromatic carbocycles. The van der Waals surface area contributed by atoms with Crippen LogP contribution in [0.25, 0.3) is 0 Å². The standard InChI is InChI=1S/C12H18N2O4S/c1-7(15)11-6-10(14(16)17)12(19-11)13(3)9-4-5-18-8(9)2/h6-9,15H,4-5H2,1-3H3. The van der Waals surface area contributed by atoms with E-state index in [0.29, 0.717) is 16.5 Å². The Balaban J connectivity index is 2.34. The highest BCUT2D eigenvalue weighted by molar-refractivity contribution is 7.16. The van der Waals surface area contributed by atoms with Gasteiger partial charge in [-0.25, -0.2) is 0 Å². The zero-order valence-corrected chi connectivity index (χ0v) is 12.0. The van der Waals surface area contributed by atoms with E-state index in [-0.39, 0.29) is 17.8 Å². The number of aliphatic hydroxyl groups is 1. The molecule has 19 heavy (non-hydrogen) atoms. The molecular weight excluding hydrogens is 268 g/mol.